The maximum absolute atomic E-state index is 5.54. The Bertz CT molecular complexity index is 375. The van der Waals surface area contributed by atoms with E-state index in [1.165, 1.54) is 0 Å². The van der Waals surface area contributed by atoms with Crippen molar-refractivity contribution in [3.05, 3.63) is 36.6 Å². The number of hydrogen-bond acceptors (Lipinski definition) is 5. The first-order valence-corrected chi connectivity index (χ1v) is 6.93. The average Bonchev–Trinajstić information content (AvgIpc) is 2.41. The molecule has 0 aromatic heterocycles. The highest BCUT2D eigenvalue weighted by atomic mass is 28.4. The molecule has 1 heterocycles. The lowest BCUT2D eigenvalue weighted by Crippen LogP contribution is -2.59. The fraction of sp³-hybridized carbons (Fsp3) is 0.364. The van der Waals surface area contributed by atoms with Crippen molar-refractivity contribution in [1.82, 2.24) is 4.57 Å². The van der Waals surface area contributed by atoms with E-state index in [9.17, 15) is 0 Å². The molecule has 0 atom stereocenters. The third-order valence-corrected chi connectivity index (χ3v) is 5.26. The van der Waals surface area contributed by atoms with E-state index < -0.39 is 8.97 Å². The first-order valence-electron chi connectivity index (χ1n) is 5.26. The van der Waals surface area contributed by atoms with Crippen molar-refractivity contribution in [1.29, 1.82) is 0 Å². The normalized spacial score (nSPS) is 16.4. The van der Waals surface area contributed by atoms with Crippen molar-refractivity contribution in [2.24, 2.45) is 0 Å². The Morgan fingerprint density at radius 1 is 1.12 bits per heavy atom. The van der Waals surface area contributed by atoms with Crippen LogP contribution in [0.3, 0.4) is 0 Å². The Morgan fingerprint density at radius 2 is 1.76 bits per heavy atom. The quantitative estimate of drug-likeness (QED) is 0.759. The highest BCUT2D eigenvalue weighted by molar-refractivity contribution is 6.57. The minimum atomic E-state index is -2.83. The second-order valence-electron chi connectivity index (χ2n) is 3.60. The molecule has 0 amide bonds. The summed E-state index contributed by atoms with van der Waals surface area (Å²) in [6.07, 6.45) is 0. The Balaban J connectivity index is 2.21. The van der Waals surface area contributed by atoms with Gasteiger partial charge in [-0.25, -0.2) is 4.57 Å². The van der Waals surface area contributed by atoms with E-state index >= 15 is 0 Å². The molecule has 1 aliphatic heterocycles. The van der Waals surface area contributed by atoms with Crippen LogP contribution in [-0.2, 0) is 19.8 Å². The van der Waals surface area contributed by atoms with Crippen molar-refractivity contribution in [3.8, 4) is 5.75 Å². The van der Waals surface area contributed by atoms with Gasteiger partial charge in [-0.1, -0.05) is 18.2 Å². The first-order chi connectivity index (χ1) is 8.25. The van der Waals surface area contributed by atoms with Gasteiger partial charge in [-0.2, -0.15) is 0 Å². The van der Waals surface area contributed by atoms with Crippen molar-refractivity contribution in [2.45, 2.75) is 6.54 Å². The van der Waals surface area contributed by atoms with E-state index in [0.29, 0.717) is 6.54 Å². The highest BCUT2D eigenvalue weighted by Gasteiger charge is 2.48. The van der Waals surface area contributed by atoms with Gasteiger partial charge in [-0.3, -0.25) is 0 Å². The molecule has 1 radical (unpaired) electrons. The number of rotatable bonds is 4. The second-order valence-corrected chi connectivity index (χ2v) is 6.44. The smallest absolute Gasteiger partial charge is 0.470 e. The zero-order valence-electron chi connectivity index (χ0n) is 10.2. The maximum atomic E-state index is 5.54. The van der Waals surface area contributed by atoms with Crippen LogP contribution in [0.4, 0.5) is 0 Å². The van der Waals surface area contributed by atoms with Gasteiger partial charge in [0.2, 0.25) is 6.73 Å². The fourth-order valence-electron chi connectivity index (χ4n) is 1.85. The summed E-state index contributed by atoms with van der Waals surface area (Å²) in [6.45, 7) is 2.25. The molecule has 93 valence electrons. The zero-order valence-corrected chi connectivity index (χ0v) is 11.2. The molecular weight excluding hydrogens is 238 g/mol. The fourth-order valence-corrected chi connectivity index (χ4v) is 3.60. The summed E-state index contributed by atoms with van der Waals surface area (Å²) in [6, 6.07) is 7.85. The Morgan fingerprint density at radius 3 is 2.41 bits per heavy atom. The van der Waals surface area contributed by atoms with E-state index in [2.05, 4.69) is 0 Å². The number of fused-ring (bicyclic) bond motifs is 1. The van der Waals surface area contributed by atoms with Crippen LogP contribution in [0.1, 0.15) is 5.56 Å². The molecule has 1 aromatic carbocycles. The van der Waals surface area contributed by atoms with Crippen LogP contribution < -0.4 is 4.74 Å². The van der Waals surface area contributed by atoms with Gasteiger partial charge < -0.3 is 18.0 Å². The van der Waals surface area contributed by atoms with Gasteiger partial charge in [0.1, 0.15) is 5.75 Å². The molecule has 2 rings (SSSR count). The Kier molecular flexibility index (Phi) is 3.80. The van der Waals surface area contributed by atoms with E-state index in [-0.39, 0.29) is 0 Å². The summed E-state index contributed by atoms with van der Waals surface area (Å²) in [5.74, 6) is 0.856. The lowest BCUT2D eigenvalue weighted by molar-refractivity contribution is 0.0424. The third-order valence-electron chi connectivity index (χ3n) is 2.75. The molecule has 0 bridgehead atoms. The number of ether oxygens (including phenoxy) is 1. The summed E-state index contributed by atoms with van der Waals surface area (Å²) in [5.41, 5.74) is 1.08. The van der Waals surface area contributed by atoms with Crippen molar-refractivity contribution < 1.29 is 18.0 Å². The minimum absolute atomic E-state index is 0.651. The molecule has 0 unspecified atom stereocenters. The maximum Gasteiger partial charge on any atom is 0.602 e. The summed E-state index contributed by atoms with van der Waals surface area (Å²) >= 11 is 0. The van der Waals surface area contributed by atoms with Crippen LogP contribution in [0.25, 0.3) is 0 Å². The third kappa shape index (κ3) is 2.22. The number of hydrogen-bond donors (Lipinski definition) is 0. The standard InChI is InChI=1S/C11H16NO4Si/c1-13-17(14-2,15-3)12-8-10-6-4-5-7-11(10)16-9-12/h4-7,9H,8H2,1-3H3. The topological polar surface area (TPSA) is 40.2 Å². The molecule has 0 saturated heterocycles. The predicted octanol–water partition coefficient (Wildman–Crippen LogP) is 1.38. The molecule has 17 heavy (non-hydrogen) atoms. The SMILES string of the molecule is CO[Si](OC)(OC)N1[CH]Oc2ccccc2C1. The van der Waals surface area contributed by atoms with Crippen LogP contribution >= 0.6 is 0 Å². The van der Waals surface area contributed by atoms with E-state index in [0.717, 1.165) is 11.3 Å². The van der Waals surface area contributed by atoms with E-state index in [1.54, 1.807) is 28.1 Å². The van der Waals surface area contributed by atoms with E-state index in [1.807, 2.05) is 28.8 Å². The summed E-state index contributed by atoms with van der Waals surface area (Å²) in [4.78, 5) is 0. The first kappa shape index (κ1) is 12.5. The summed E-state index contributed by atoms with van der Waals surface area (Å²) in [7, 11) is 1.90. The van der Waals surface area contributed by atoms with Gasteiger partial charge >= 0.3 is 8.97 Å². The number of benzene rings is 1. The molecule has 6 heteroatoms. The van der Waals surface area contributed by atoms with Gasteiger partial charge in [0.05, 0.1) is 0 Å². The van der Waals surface area contributed by atoms with Gasteiger partial charge in [-0.15, -0.1) is 0 Å². The van der Waals surface area contributed by atoms with Gasteiger partial charge in [0, 0.05) is 33.4 Å². The Hall–Kier alpha value is -0.923. The lowest BCUT2D eigenvalue weighted by Gasteiger charge is -2.37. The van der Waals surface area contributed by atoms with Crippen LogP contribution in [-0.4, -0.2) is 34.9 Å². The van der Waals surface area contributed by atoms with Gasteiger partial charge in [-0.05, 0) is 6.07 Å². The van der Waals surface area contributed by atoms with Crippen molar-refractivity contribution in [3.63, 3.8) is 0 Å². The van der Waals surface area contributed by atoms with Crippen molar-refractivity contribution in [2.75, 3.05) is 21.3 Å². The lowest BCUT2D eigenvalue weighted by atomic mass is 10.2. The van der Waals surface area contributed by atoms with E-state index in [4.69, 9.17) is 18.0 Å². The molecule has 0 spiro atoms. The monoisotopic (exact) mass is 254 g/mol. The molecule has 5 nitrogen and oxygen atoms in total. The number of para-hydroxylation sites is 1. The zero-order chi connectivity index (χ0) is 12.3. The summed E-state index contributed by atoms with van der Waals surface area (Å²) in [5, 5.41) is 0. The molecular formula is C11H16NO4Si. The largest absolute Gasteiger partial charge is 0.602 e. The molecule has 0 N–H and O–H groups in total. The minimum Gasteiger partial charge on any atom is -0.470 e. The molecule has 0 aliphatic carbocycles. The van der Waals surface area contributed by atoms with Crippen LogP contribution in [0.15, 0.2) is 24.3 Å². The highest BCUT2D eigenvalue weighted by Crippen LogP contribution is 2.29. The van der Waals surface area contributed by atoms with Crippen LogP contribution in [0, 0.1) is 6.73 Å². The Labute approximate surface area is 102 Å². The molecule has 1 aromatic rings. The second kappa shape index (κ2) is 5.15. The molecule has 0 fully saturated rings. The van der Waals surface area contributed by atoms with Gasteiger partial charge in [0.25, 0.3) is 0 Å². The summed E-state index contributed by atoms with van der Waals surface area (Å²) < 4.78 is 23.6. The van der Waals surface area contributed by atoms with Crippen molar-refractivity contribution >= 4 is 8.97 Å². The van der Waals surface area contributed by atoms with Crippen LogP contribution in [0.5, 0.6) is 5.75 Å². The average molecular weight is 254 g/mol. The van der Waals surface area contributed by atoms with Gasteiger partial charge in [0.15, 0.2) is 0 Å². The number of nitrogens with zero attached hydrogens (tertiary/aromatic N) is 1. The molecule has 1 aliphatic rings. The molecule has 0 saturated carbocycles. The predicted molar refractivity (Wildman–Crippen MR) is 63.7 cm³/mol. The van der Waals surface area contributed by atoms with Crippen LogP contribution in [0.2, 0.25) is 0 Å².